The van der Waals surface area contributed by atoms with Crippen LogP contribution < -0.4 is 0 Å². The first kappa shape index (κ1) is 31.4. The van der Waals surface area contributed by atoms with Crippen molar-refractivity contribution in [3.8, 4) is 0 Å². The molecule has 0 radical (unpaired) electrons. The van der Waals surface area contributed by atoms with Gasteiger partial charge < -0.3 is 23.7 Å². The predicted octanol–water partition coefficient (Wildman–Crippen LogP) is 5.31. The van der Waals surface area contributed by atoms with E-state index in [1.54, 1.807) is 30.3 Å². The van der Waals surface area contributed by atoms with Gasteiger partial charge in [-0.2, -0.15) is 0 Å². The Morgan fingerprint density at radius 1 is 0.795 bits per heavy atom. The van der Waals surface area contributed by atoms with Gasteiger partial charge in [0, 0.05) is 25.8 Å². The Bertz CT molecular complexity index is 1430. The van der Waals surface area contributed by atoms with E-state index in [0.29, 0.717) is 5.56 Å². The minimum Gasteiger partial charge on any atom is -0.459 e. The van der Waals surface area contributed by atoms with Gasteiger partial charge in [0.25, 0.3) is 0 Å². The third kappa shape index (κ3) is 5.42. The molecule has 3 fully saturated rings. The summed E-state index contributed by atoms with van der Waals surface area (Å²) in [5, 5.41) is 0. The molecule has 1 saturated heterocycles. The van der Waals surface area contributed by atoms with Crippen molar-refractivity contribution in [1.82, 2.24) is 0 Å². The average molecular weight is 605 g/mol. The number of carbonyl (C=O) groups is 4. The predicted molar refractivity (Wildman–Crippen MR) is 160 cm³/mol. The zero-order chi connectivity index (χ0) is 31.9. The minimum absolute atomic E-state index is 0.250. The molecule has 9 nitrogen and oxygen atoms in total. The first-order valence-corrected chi connectivity index (χ1v) is 15.0. The lowest BCUT2D eigenvalue weighted by Gasteiger charge is -2.62. The van der Waals surface area contributed by atoms with Crippen molar-refractivity contribution in [2.45, 2.75) is 90.0 Å². The van der Waals surface area contributed by atoms with E-state index < -0.39 is 64.9 Å². The Morgan fingerprint density at radius 3 is 2.02 bits per heavy atom. The fourth-order valence-corrected chi connectivity index (χ4v) is 7.84. The monoisotopic (exact) mass is 604 g/mol. The molecule has 5 rings (SSSR count). The lowest BCUT2D eigenvalue weighted by atomic mass is 9.48. The van der Waals surface area contributed by atoms with Crippen molar-refractivity contribution in [3.05, 3.63) is 77.9 Å². The standard InChI is InChI=1S/C35H40O9/c1-21-19-27(40-22(2)36)31(41-23(3)37)34(6)28(42-29(38)18-17-24-13-9-7-10-14-24)20-26-30(35(21,34)44-33(26,4)5)43-32(39)25-15-11-8-12-16-25/h7-18,21,26-28,30-31H,19-20H2,1-6H3/b18-17+/t21-,26+,27+,28+,30-,31+,34-,35-/m1/s1. The van der Waals surface area contributed by atoms with Crippen LogP contribution in [-0.4, -0.2) is 59.5 Å². The molecule has 3 aliphatic rings. The highest BCUT2D eigenvalue weighted by Crippen LogP contribution is 2.68. The summed E-state index contributed by atoms with van der Waals surface area (Å²) in [5.74, 6) is -2.97. The second-order valence-corrected chi connectivity index (χ2v) is 12.8. The lowest BCUT2D eigenvalue weighted by molar-refractivity contribution is -0.304. The third-order valence-corrected chi connectivity index (χ3v) is 9.66. The van der Waals surface area contributed by atoms with Crippen LogP contribution in [0.3, 0.4) is 0 Å². The van der Waals surface area contributed by atoms with Crippen LogP contribution in [-0.2, 0) is 38.1 Å². The van der Waals surface area contributed by atoms with Crippen LogP contribution in [0.1, 0.15) is 70.3 Å². The summed E-state index contributed by atoms with van der Waals surface area (Å²) in [4.78, 5) is 51.8. The topological polar surface area (TPSA) is 114 Å². The highest BCUT2D eigenvalue weighted by Gasteiger charge is 2.80. The van der Waals surface area contributed by atoms with Crippen LogP contribution in [0.4, 0.5) is 0 Å². The maximum Gasteiger partial charge on any atom is 0.338 e. The lowest BCUT2D eigenvalue weighted by Crippen LogP contribution is -2.76. The quantitative estimate of drug-likeness (QED) is 0.236. The summed E-state index contributed by atoms with van der Waals surface area (Å²) in [6.07, 6.45) is -0.00419. The fraction of sp³-hybridized carbons (Fsp3) is 0.486. The van der Waals surface area contributed by atoms with Gasteiger partial charge in [-0.3, -0.25) is 9.59 Å². The van der Waals surface area contributed by atoms with E-state index in [-0.39, 0.29) is 24.7 Å². The highest BCUT2D eigenvalue weighted by atomic mass is 16.6. The molecule has 1 heterocycles. The summed E-state index contributed by atoms with van der Waals surface area (Å²) in [7, 11) is 0. The normalized spacial score (nSPS) is 33.6. The Balaban J connectivity index is 1.61. The van der Waals surface area contributed by atoms with Crippen LogP contribution in [0.15, 0.2) is 66.7 Å². The van der Waals surface area contributed by atoms with Gasteiger partial charge in [0.1, 0.15) is 23.9 Å². The maximum atomic E-state index is 13.5. The van der Waals surface area contributed by atoms with Crippen molar-refractivity contribution in [1.29, 1.82) is 0 Å². The van der Waals surface area contributed by atoms with Crippen LogP contribution >= 0.6 is 0 Å². The molecule has 2 saturated carbocycles. The van der Waals surface area contributed by atoms with E-state index >= 15 is 0 Å². The molecular formula is C35H40O9. The van der Waals surface area contributed by atoms with Crippen molar-refractivity contribution >= 4 is 30.0 Å². The Hall–Kier alpha value is -3.98. The molecule has 0 N–H and O–H groups in total. The molecule has 2 aromatic rings. The maximum absolute atomic E-state index is 13.5. The first-order valence-electron chi connectivity index (χ1n) is 15.0. The number of ether oxygens (including phenoxy) is 5. The molecule has 2 aromatic carbocycles. The SMILES string of the molecule is CC(=O)O[C@H]1C[C@@H](C)[C@]23OC(C)(C)[C@@H](C[C@H](OC(=O)/C=C/c4ccccc4)[C@]2(C)[C@H]1OC(C)=O)[C@H]3OC(=O)c1ccccc1. The van der Waals surface area contributed by atoms with Crippen LogP contribution in [0.2, 0.25) is 0 Å². The number of hydrogen-bond donors (Lipinski definition) is 0. The molecule has 234 valence electrons. The number of fused-ring (bicyclic) bond motifs is 1. The largest absolute Gasteiger partial charge is 0.459 e. The third-order valence-electron chi connectivity index (χ3n) is 9.66. The van der Waals surface area contributed by atoms with E-state index in [1.165, 1.54) is 19.9 Å². The number of rotatable bonds is 7. The fourth-order valence-electron chi connectivity index (χ4n) is 7.84. The number of benzene rings is 2. The van der Waals surface area contributed by atoms with Crippen LogP contribution in [0.5, 0.6) is 0 Å². The van der Waals surface area contributed by atoms with E-state index in [1.807, 2.05) is 64.1 Å². The molecule has 0 amide bonds. The number of esters is 4. The van der Waals surface area contributed by atoms with Gasteiger partial charge in [-0.1, -0.05) is 55.5 Å². The van der Waals surface area contributed by atoms with E-state index in [2.05, 4.69) is 0 Å². The summed E-state index contributed by atoms with van der Waals surface area (Å²) in [6, 6.07) is 18.1. The van der Waals surface area contributed by atoms with Gasteiger partial charge in [0.05, 0.1) is 16.6 Å². The minimum atomic E-state index is -1.29. The highest BCUT2D eigenvalue weighted by molar-refractivity contribution is 5.89. The van der Waals surface area contributed by atoms with E-state index in [0.717, 1.165) is 5.56 Å². The second-order valence-electron chi connectivity index (χ2n) is 12.8. The van der Waals surface area contributed by atoms with Gasteiger partial charge in [0.15, 0.2) is 6.10 Å². The van der Waals surface area contributed by atoms with Crippen LogP contribution in [0, 0.1) is 17.3 Å². The summed E-state index contributed by atoms with van der Waals surface area (Å²) >= 11 is 0. The molecule has 44 heavy (non-hydrogen) atoms. The smallest absolute Gasteiger partial charge is 0.338 e. The summed E-state index contributed by atoms with van der Waals surface area (Å²) < 4.78 is 31.3. The summed E-state index contributed by atoms with van der Waals surface area (Å²) in [6.45, 7) is 10.2. The summed E-state index contributed by atoms with van der Waals surface area (Å²) in [5.41, 5.74) is -2.16. The van der Waals surface area contributed by atoms with Gasteiger partial charge >= 0.3 is 23.9 Å². The number of hydrogen-bond acceptors (Lipinski definition) is 9. The van der Waals surface area contributed by atoms with E-state index in [9.17, 15) is 19.2 Å². The van der Waals surface area contributed by atoms with Crippen molar-refractivity contribution < 1.29 is 42.9 Å². The molecule has 8 atom stereocenters. The van der Waals surface area contributed by atoms with Crippen molar-refractivity contribution in [2.24, 2.45) is 17.3 Å². The van der Waals surface area contributed by atoms with Gasteiger partial charge in [-0.25, -0.2) is 9.59 Å². The molecule has 0 unspecified atom stereocenters. The molecule has 1 aliphatic heterocycles. The zero-order valence-electron chi connectivity index (χ0n) is 26.0. The Labute approximate surface area is 257 Å². The molecule has 0 aromatic heterocycles. The zero-order valence-corrected chi connectivity index (χ0v) is 26.0. The van der Waals surface area contributed by atoms with Gasteiger partial charge in [0.2, 0.25) is 0 Å². The van der Waals surface area contributed by atoms with Crippen molar-refractivity contribution in [3.63, 3.8) is 0 Å². The molecule has 9 heteroatoms. The Morgan fingerprint density at radius 2 is 1.41 bits per heavy atom. The molecule has 2 bridgehead atoms. The van der Waals surface area contributed by atoms with Crippen LogP contribution in [0.25, 0.3) is 6.08 Å². The first-order chi connectivity index (χ1) is 20.8. The molecule has 1 spiro atoms. The van der Waals surface area contributed by atoms with Gasteiger partial charge in [-0.05, 0) is 63.3 Å². The number of carbonyl (C=O) groups excluding carboxylic acids is 4. The second kappa shape index (κ2) is 11.8. The van der Waals surface area contributed by atoms with Crippen molar-refractivity contribution in [2.75, 3.05) is 0 Å². The Kier molecular flexibility index (Phi) is 8.46. The average Bonchev–Trinajstić information content (AvgIpc) is 3.15. The van der Waals surface area contributed by atoms with E-state index in [4.69, 9.17) is 23.7 Å². The molecular weight excluding hydrogens is 564 g/mol. The molecule has 2 aliphatic carbocycles. The van der Waals surface area contributed by atoms with Gasteiger partial charge in [-0.15, -0.1) is 0 Å².